The minimum Gasteiger partial charge on any atom is -0.392 e. The van der Waals surface area contributed by atoms with Crippen LogP contribution in [0.5, 0.6) is 0 Å². The Bertz CT molecular complexity index is 2320. The predicted octanol–water partition coefficient (Wildman–Crippen LogP) is 6.03. The van der Waals surface area contributed by atoms with Crippen LogP contribution in [0.4, 0.5) is 0 Å². The average molecular weight is 952 g/mol. The number of carbonyl (C=O) groups excluding carboxylic acids is 1. The van der Waals surface area contributed by atoms with E-state index >= 15 is 0 Å². The molecule has 2 heterocycles. The normalized spacial score (nSPS) is 21.5. The molecule has 0 bridgehead atoms. The standard InChI is InChI=1S/C53H65N3O11S/c1-40-12-22-47(23-13-40)68(59,60)55-48(36-41-8-4-2-5-9-41)52(58)54-37-42-14-20-46(21-15-42)53-66-49(38-56-24-26-61-28-30-63-32-34-65-35-33-64-31-29-62-27-25-56)50(44-10-6-3-7-11-44)51(67-53)45-18-16-43(39-57)17-19-45/h2-23,48-51,53,55,57H,24-39H2,1H3,(H,54,58). The van der Waals surface area contributed by atoms with Gasteiger partial charge in [0.1, 0.15) is 6.04 Å². The molecule has 2 aliphatic rings. The molecule has 1 amide bonds. The van der Waals surface area contributed by atoms with Gasteiger partial charge in [-0.2, -0.15) is 4.72 Å². The van der Waals surface area contributed by atoms with Crippen LogP contribution in [0.3, 0.4) is 0 Å². The van der Waals surface area contributed by atoms with Crippen molar-refractivity contribution >= 4 is 15.9 Å². The molecule has 0 saturated carbocycles. The second kappa shape index (κ2) is 26.8. The highest BCUT2D eigenvalue weighted by molar-refractivity contribution is 7.89. The zero-order chi connectivity index (χ0) is 47.4. The number of aliphatic hydroxyl groups excluding tert-OH is 1. The van der Waals surface area contributed by atoms with Crippen LogP contribution in [0.2, 0.25) is 0 Å². The lowest BCUT2D eigenvalue weighted by Crippen LogP contribution is -2.47. The van der Waals surface area contributed by atoms with Crippen LogP contribution >= 0.6 is 0 Å². The van der Waals surface area contributed by atoms with E-state index in [1.807, 2.05) is 104 Å². The molecule has 0 aliphatic carbocycles. The van der Waals surface area contributed by atoms with Gasteiger partial charge in [-0.1, -0.05) is 127 Å². The molecule has 3 N–H and O–H groups in total. The molecule has 364 valence electrons. The lowest BCUT2D eigenvalue weighted by molar-refractivity contribution is -0.263. The van der Waals surface area contributed by atoms with Gasteiger partial charge in [-0.3, -0.25) is 9.69 Å². The van der Waals surface area contributed by atoms with Gasteiger partial charge in [0.15, 0.2) is 6.29 Å². The van der Waals surface area contributed by atoms with Gasteiger partial charge in [-0.25, -0.2) is 8.42 Å². The maximum Gasteiger partial charge on any atom is 0.241 e. The van der Waals surface area contributed by atoms with Crippen LogP contribution in [-0.2, 0) is 67.5 Å². The molecule has 0 aromatic heterocycles. The van der Waals surface area contributed by atoms with Crippen molar-refractivity contribution in [3.63, 3.8) is 0 Å². The topological polar surface area (TPSA) is 163 Å². The van der Waals surface area contributed by atoms with Gasteiger partial charge < -0.3 is 43.6 Å². The first kappa shape index (κ1) is 51.0. The van der Waals surface area contributed by atoms with E-state index in [1.54, 1.807) is 12.1 Å². The fourth-order valence-electron chi connectivity index (χ4n) is 8.20. The lowest BCUT2D eigenvalue weighted by Gasteiger charge is -2.44. The summed E-state index contributed by atoms with van der Waals surface area (Å²) < 4.78 is 72.6. The first-order valence-electron chi connectivity index (χ1n) is 23.4. The predicted molar refractivity (Wildman–Crippen MR) is 257 cm³/mol. The highest BCUT2D eigenvalue weighted by Crippen LogP contribution is 2.47. The number of sulfonamides is 1. The molecule has 7 rings (SSSR count). The summed E-state index contributed by atoms with van der Waals surface area (Å²) in [6.45, 7) is 8.58. The summed E-state index contributed by atoms with van der Waals surface area (Å²) >= 11 is 0. The summed E-state index contributed by atoms with van der Waals surface area (Å²) in [5, 5.41) is 12.9. The second-order valence-corrected chi connectivity index (χ2v) is 18.6. The minimum absolute atomic E-state index is 0.0719. The monoisotopic (exact) mass is 951 g/mol. The van der Waals surface area contributed by atoms with Crippen LogP contribution < -0.4 is 10.0 Å². The zero-order valence-electron chi connectivity index (χ0n) is 38.8. The summed E-state index contributed by atoms with van der Waals surface area (Å²) in [6.07, 6.45) is -1.37. The van der Waals surface area contributed by atoms with Crippen molar-refractivity contribution < 1.29 is 51.5 Å². The summed E-state index contributed by atoms with van der Waals surface area (Å²) in [7, 11) is -4.00. The number of amides is 1. The third kappa shape index (κ3) is 15.6. The number of carbonyl (C=O) groups is 1. The highest BCUT2D eigenvalue weighted by atomic mass is 32.2. The molecule has 0 spiro atoms. The molecule has 14 nitrogen and oxygen atoms in total. The Balaban J connectivity index is 1.10. The quantitative estimate of drug-likeness (QED) is 0.119. The number of rotatable bonds is 14. The number of hydrogen-bond acceptors (Lipinski definition) is 12. The lowest BCUT2D eigenvalue weighted by atomic mass is 9.83. The molecule has 5 unspecified atom stereocenters. The zero-order valence-corrected chi connectivity index (χ0v) is 39.6. The summed E-state index contributed by atoms with van der Waals surface area (Å²) in [6, 6.07) is 40.6. The fraction of sp³-hybridized carbons (Fsp3) is 0.415. The molecule has 2 saturated heterocycles. The molecule has 5 aromatic rings. The van der Waals surface area contributed by atoms with E-state index in [9.17, 15) is 18.3 Å². The Hall–Kier alpha value is -4.88. The molecule has 15 heteroatoms. The fourth-order valence-corrected chi connectivity index (χ4v) is 9.39. The van der Waals surface area contributed by atoms with E-state index in [2.05, 4.69) is 27.1 Å². The van der Waals surface area contributed by atoms with Crippen LogP contribution in [0.15, 0.2) is 138 Å². The van der Waals surface area contributed by atoms with Crippen molar-refractivity contribution in [2.45, 2.75) is 61.8 Å². The van der Waals surface area contributed by atoms with Crippen LogP contribution in [0.25, 0.3) is 0 Å². The van der Waals surface area contributed by atoms with Gasteiger partial charge >= 0.3 is 0 Å². The molecule has 5 atom stereocenters. The van der Waals surface area contributed by atoms with E-state index < -0.39 is 34.4 Å². The number of ether oxygens (including phenoxy) is 7. The first-order valence-corrected chi connectivity index (χ1v) is 24.9. The summed E-state index contributed by atoms with van der Waals surface area (Å²) in [4.78, 5) is 16.2. The molecule has 2 fully saturated rings. The van der Waals surface area contributed by atoms with Crippen LogP contribution in [0.1, 0.15) is 57.3 Å². The SMILES string of the molecule is Cc1ccc(S(=O)(=O)NC(Cc2ccccc2)C(=O)NCc2ccc(C3OC(CN4CCOCCOCCOCCOCCOCC4)C(c4ccccc4)C(c4ccc(CO)cc4)O3)cc2)cc1. The third-order valence-corrected chi connectivity index (χ3v) is 13.4. The van der Waals surface area contributed by atoms with Gasteiger partial charge in [0.05, 0.1) is 89.8 Å². The van der Waals surface area contributed by atoms with Crippen molar-refractivity contribution in [3.05, 3.63) is 172 Å². The molecular weight excluding hydrogens is 887 g/mol. The average Bonchev–Trinajstić information content (AvgIpc) is 3.36. The van der Waals surface area contributed by atoms with Crippen molar-refractivity contribution in [1.82, 2.24) is 14.9 Å². The number of benzene rings is 5. The largest absolute Gasteiger partial charge is 0.392 e. The van der Waals surface area contributed by atoms with E-state index in [4.69, 9.17) is 33.2 Å². The molecule has 5 aromatic carbocycles. The van der Waals surface area contributed by atoms with Gasteiger partial charge in [0.2, 0.25) is 15.9 Å². The van der Waals surface area contributed by atoms with Gasteiger partial charge in [-0.05, 0) is 53.3 Å². The van der Waals surface area contributed by atoms with E-state index in [0.29, 0.717) is 85.7 Å². The van der Waals surface area contributed by atoms with E-state index in [0.717, 1.165) is 38.9 Å². The van der Waals surface area contributed by atoms with Gasteiger partial charge in [0.25, 0.3) is 0 Å². The van der Waals surface area contributed by atoms with Crippen molar-refractivity contribution in [3.8, 4) is 0 Å². The number of hydrogen-bond donors (Lipinski definition) is 3. The highest BCUT2D eigenvalue weighted by Gasteiger charge is 2.42. The number of aryl methyl sites for hydroxylation is 1. The Morgan fingerprint density at radius 3 is 1.72 bits per heavy atom. The number of nitrogens with zero attached hydrogens (tertiary/aromatic N) is 1. The Labute approximate surface area is 400 Å². The first-order chi connectivity index (χ1) is 33.3. The van der Waals surface area contributed by atoms with Gasteiger partial charge in [0, 0.05) is 37.7 Å². The minimum atomic E-state index is -4.00. The van der Waals surface area contributed by atoms with E-state index in [-0.39, 0.29) is 36.5 Å². The molecule has 68 heavy (non-hydrogen) atoms. The van der Waals surface area contributed by atoms with Gasteiger partial charge in [-0.15, -0.1) is 0 Å². The van der Waals surface area contributed by atoms with Crippen molar-refractivity contribution in [2.75, 3.05) is 85.7 Å². The number of nitrogens with one attached hydrogen (secondary N) is 2. The summed E-state index contributed by atoms with van der Waals surface area (Å²) in [5.74, 6) is -0.664. The maximum atomic E-state index is 13.8. The third-order valence-electron chi connectivity index (χ3n) is 11.9. The summed E-state index contributed by atoms with van der Waals surface area (Å²) in [5.41, 5.74) is 6.16. The molecule has 2 aliphatic heterocycles. The van der Waals surface area contributed by atoms with Crippen molar-refractivity contribution in [2.24, 2.45) is 0 Å². The Morgan fingerprint density at radius 1 is 0.618 bits per heavy atom. The second-order valence-electron chi connectivity index (χ2n) is 16.9. The Morgan fingerprint density at radius 2 is 1.15 bits per heavy atom. The number of aliphatic hydroxyl groups is 1. The molecular formula is C53H65N3O11S. The Kier molecular flexibility index (Phi) is 20.1. The smallest absolute Gasteiger partial charge is 0.241 e. The molecule has 0 radical (unpaired) electrons. The maximum absolute atomic E-state index is 13.8. The van der Waals surface area contributed by atoms with Crippen LogP contribution in [0, 0.1) is 6.92 Å². The van der Waals surface area contributed by atoms with E-state index in [1.165, 1.54) is 12.1 Å². The van der Waals surface area contributed by atoms with Crippen LogP contribution in [-0.4, -0.2) is 122 Å². The van der Waals surface area contributed by atoms with Crippen molar-refractivity contribution in [1.29, 1.82) is 0 Å².